The smallest absolute Gasteiger partial charge is 0.220 e. The second-order valence-corrected chi connectivity index (χ2v) is 4.69. The zero-order valence-corrected chi connectivity index (χ0v) is 11.4. The number of nitrogens with one attached hydrogen (secondary N) is 2. The van der Waals surface area contributed by atoms with E-state index in [2.05, 4.69) is 15.3 Å². The Bertz CT molecular complexity index is 537. The van der Waals surface area contributed by atoms with Gasteiger partial charge in [-0.2, -0.15) is 0 Å². The molecule has 5 heteroatoms. The van der Waals surface area contributed by atoms with Crippen LogP contribution in [0.3, 0.4) is 0 Å². The number of aryl methyl sites for hydroxylation is 2. The molecule has 0 atom stereocenters. The molecule has 5 nitrogen and oxygen atoms in total. The van der Waals surface area contributed by atoms with Crippen LogP contribution in [-0.4, -0.2) is 22.4 Å². The number of nitrogens with zero attached hydrogens (tertiary/aromatic N) is 1. The van der Waals surface area contributed by atoms with Crippen LogP contribution in [0.2, 0.25) is 0 Å². The van der Waals surface area contributed by atoms with Crippen LogP contribution in [0, 0.1) is 0 Å². The van der Waals surface area contributed by atoms with Crippen molar-refractivity contribution in [1.29, 1.82) is 0 Å². The second-order valence-electron chi connectivity index (χ2n) is 4.69. The molecule has 1 amide bonds. The molecule has 2 rings (SSSR count). The van der Waals surface area contributed by atoms with Crippen molar-refractivity contribution in [2.75, 3.05) is 12.3 Å². The highest BCUT2D eigenvalue weighted by molar-refractivity contribution is 5.76. The minimum atomic E-state index is 0.0627. The summed E-state index contributed by atoms with van der Waals surface area (Å²) >= 11 is 0. The van der Waals surface area contributed by atoms with Crippen molar-refractivity contribution in [2.24, 2.45) is 0 Å². The number of aromatic nitrogens is 2. The average molecular weight is 272 g/mol. The number of para-hydroxylation sites is 1. The summed E-state index contributed by atoms with van der Waals surface area (Å²) < 4.78 is 0. The first-order chi connectivity index (χ1) is 9.75. The number of benzene rings is 1. The largest absolute Gasteiger partial charge is 0.399 e. The van der Waals surface area contributed by atoms with E-state index in [1.807, 2.05) is 24.3 Å². The number of carbonyl (C=O) groups is 1. The zero-order chi connectivity index (χ0) is 14.2. The van der Waals surface area contributed by atoms with Crippen molar-refractivity contribution in [3.63, 3.8) is 0 Å². The maximum atomic E-state index is 11.7. The zero-order valence-electron chi connectivity index (χ0n) is 11.4. The van der Waals surface area contributed by atoms with Crippen LogP contribution < -0.4 is 11.1 Å². The molecule has 4 N–H and O–H groups in total. The van der Waals surface area contributed by atoms with Gasteiger partial charge in [0, 0.05) is 37.5 Å². The van der Waals surface area contributed by atoms with Crippen molar-refractivity contribution in [3.8, 4) is 0 Å². The van der Waals surface area contributed by atoms with E-state index in [4.69, 9.17) is 5.73 Å². The SMILES string of the molecule is Nc1ccccc1CCC(=O)NCCCc1ncc[nH]1. The summed E-state index contributed by atoms with van der Waals surface area (Å²) in [5.41, 5.74) is 7.61. The van der Waals surface area contributed by atoms with Crippen LogP contribution in [0.4, 0.5) is 5.69 Å². The molecule has 0 aliphatic carbocycles. The molecule has 0 saturated carbocycles. The Morgan fingerprint density at radius 3 is 2.90 bits per heavy atom. The summed E-state index contributed by atoms with van der Waals surface area (Å²) in [6.07, 6.45) is 6.41. The molecule has 0 fully saturated rings. The molecule has 0 radical (unpaired) electrons. The summed E-state index contributed by atoms with van der Waals surface area (Å²) in [5, 5.41) is 2.91. The number of anilines is 1. The summed E-state index contributed by atoms with van der Waals surface area (Å²) in [6, 6.07) is 7.65. The highest BCUT2D eigenvalue weighted by atomic mass is 16.1. The molecule has 0 unspecified atom stereocenters. The molecular weight excluding hydrogens is 252 g/mol. The number of nitrogen functional groups attached to an aromatic ring is 1. The standard InChI is InChI=1S/C15H20N4O/c16-13-5-2-1-4-12(13)7-8-15(20)19-9-3-6-14-17-10-11-18-14/h1-2,4-5,10-11H,3,6-9,16H2,(H,17,18)(H,19,20). The van der Waals surface area contributed by atoms with E-state index in [1.54, 1.807) is 12.4 Å². The first-order valence-corrected chi connectivity index (χ1v) is 6.84. The number of aromatic amines is 1. The fourth-order valence-electron chi connectivity index (χ4n) is 2.02. The minimum absolute atomic E-state index is 0.0627. The molecule has 106 valence electrons. The van der Waals surface area contributed by atoms with Crippen molar-refractivity contribution >= 4 is 11.6 Å². The molecule has 0 aliphatic rings. The highest BCUT2D eigenvalue weighted by Crippen LogP contribution is 2.12. The fraction of sp³-hybridized carbons (Fsp3) is 0.333. The second kappa shape index (κ2) is 7.33. The molecule has 1 aromatic carbocycles. The van der Waals surface area contributed by atoms with Gasteiger partial charge in [-0.1, -0.05) is 18.2 Å². The molecule has 2 aromatic rings. The molecule has 0 aliphatic heterocycles. The van der Waals surface area contributed by atoms with Crippen molar-refractivity contribution < 1.29 is 4.79 Å². The van der Waals surface area contributed by atoms with E-state index in [0.717, 1.165) is 29.9 Å². The Hall–Kier alpha value is -2.30. The molecule has 0 bridgehead atoms. The van der Waals surface area contributed by atoms with Crippen LogP contribution in [0.5, 0.6) is 0 Å². The predicted molar refractivity (Wildman–Crippen MR) is 79.1 cm³/mol. The first-order valence-electron chi connectivity index (χ1n) is 6.84. The van der Waals surface area contributed by atoms with Gasteiger partial charge in [0.05, 0.1) is 0 Å². The number of carbonyl (C=O) groups excluding carboxylic acids is 1. The summed E-state index contributed by atoms with van der Waals surface area (Å²) in [6.45, 7) is 0.670. The van der Waals surface area contributed by atoms with Crippen molar-refractivity contribution in [1.82, 2.24) is 15.3 Å². The Kier molecular flexibility index (Phi) is 5.17. The maximum absolute atomic E-state index is 11.7. The van der Waals surface area contributed by atoms with Gasteiger partial charge in [0.25, 0.3) is 0 Å². The van der Waals surface area contributed by atoms with E-state index < -0.39 is 0 Å². The summed E-state index contributed by atoms with van der Waals surface area (Å²) in [5.74, 6) is 1.02. The van der Waals surface area contributed by atoms with E-state index >= 15 is 0 Å². The van der Waals surface area contributed by atoms with E-state index in [9.17, 15) is 4.79 Å². The number of hydrogen-bond donors (Lipinski definition) is 3. The van der Waals surface area contributed by atoms with Gasteiger partial charge in [0.2, 0.25) is 5.91 Å². The van der Waals surface area contributed by atoms with Crippen LogP contribution in [0.15, 0.2) is 36.7 Å². The Labute approximate surface area is 118 Å². The van der Waals surface area contributed by atoms with E-state index in [0.29, 0.717) is 19.4 Å². The van der Waals surface area contributed by atoms with E-state index in [1.165, 1.54) is 0 Å². The molecular formula is C15H20N4O. The summed E-state index contributed by atoms with van der Waals surface area (Å²) in [7, 11) is 0. The third-order valence-corrected chi connectivity index (χ3v) is 3.14. The minimum Gasteiger partial charge on any atom is -0.399 e. The fourth-order valence-corrected chi connectivity index (χ4v) is 2.02. The number of nitrogens with two attached hydrogens (primary N) is 1. The van der Waals surface area contributed by atoms with Crippen LogP contribution in [0.25, 0.3) is 0 Å². The van der Waals surface area contributed by atoms with Crippen molar-refractivity contribution in [3.05, 3.63) is 48.0 Å². The Morgan fingerprint density at radius 2 is 2.15 bits per heavy atom. The highest BCUT2D eigenvalue weighted by Gasteiger charge is 2.04. The molecule has 1 heterocycles. The lowest BCUT2D eigenvalue weighted by molar-refractivity contribution is -0.121. The number of rotatable bonds is 7. The molecule has 0 spiro atoms. The van der Waals surface area contributed by atoms with Gasteiger partial charge in [0.1, 0.15) is 5.82 Å². The van der Waals surface area contributed by atoms with Gasteiger partial charge in [-0.25, -0.2) is 4.98 Å². The first kappa shape index (κ1) is 14.1. The van der Waals surface area contributed by atoms with Crippen molar-refractivity contribution in [2.45, 2.75) is 25.7 Å². The van der Waals surface area contributed by atoms with Gasteiger partial charge in [-0.3, -0.25) is 4.79 Å². The quantitative estimate of drug-likeness (QED) is 0.529. The third kappa shape index (κ3) is 4.42. The maximum Gasteiger partial charge on any atom is 0.220 e. The predicted octanol–water partition coefficient (Wildman–Crippen LogP) is 1.67. The van der Waals surface area contributed by atoms with Crippen LogP contribution >= 0.6 is 0 Å². The topological polar surface area (TPSA) is 83.8 Å². The monoisotopic (exact) mass is 272 g/mol. The number of H-pyrrole nitrogens is 1. The Balaban J connectivity index is 1.62. The molecule has 20 heavy (non-hydrogen) atoms. The van der Waals surface area contributed by atoms with Gasteiger partial charge in [-0.15, -0.1) is 0 Å². The van der Waals surface area contributed by atoms with Gasteiger partial charge < -0.3 is 16.0 Å². The normalized spacial score (nSPS) is 10.4. The van der Waals surface area contributed by atoms with Gasteiger partial charge in [0.15, 0.2) is 0 Å². The van der Waals surface area contributed by atoms with Gasteiger partial charge in [-0.05, 0) is 24.5 Å². The van der Waals surface area contributed by atoms with Gasteiger partial charge >= 0.3 is 0 Å². The lowest BCUT2D eigenvalue weighted by atomic mass is 10.1. The lowest BCUT2D eigenvalue weighted by Crippen LogP contribution is -2.25. The van der Waals surface area contributed by atoms with Crippen LogP contribution in [0.1, 0.15) is 24.2 Å². The third-order valence-electron chi connectivity index (χ3n) is 3.14. The Morgan fingerprint density at radius 1 is 1.30 bits per heavy atom. The molecule has 0 saturated heterocycles. The van der Waals surface area contributed by atoms with E-state index in [-0.39, 0.29) is 5.91 Å². The lowest BCUT2D eigenvalue weighted by Gasteiger charge is -2.06. The number of hydrogen-bond acceptors (Lipinski definition) is 3. The number of imidazole rings is 1. The molecule has 1 aromatic heterocycles. The summed E-state index contributed by atoms with van der Waals surface area (Å²) in [4.78, 5) is 18.9. The average Bonchev–Trinajstić information content (AvgIpc) is 2.96. The number of amides is 1. The van der Waals surface area contributed by atoms with Crippen LogP contribution in [-0.2, 0) is 17.6 Å².